The molecular weight excluding hydrogens is 353 g/mol. The Kier molecular flexibility index (Phi) is 5.23. The van der Waals surface area contributed by atoms with Gasteiger partial charge < -0.3 is 15.6 Å². The quantitative estimate of drug-likeness (QED) is 0.839. The zero-order valence-corrected chi connectivity index (χ0v) is 14.3. The largest absolute Gasteiger partial charge is 0.369 e. The van der Waals surface area contributed by atoms with Gasteiger partial charge in [0, 0.05) is 34.7 Å². The standard InChI is InChI=1S/C15H17Cl2N5O2/c16-10-5-9(6-11(17)7-10)14-20-15(24-21-14)19-12-1-3-22(4-2-12)8-13(18)23/h5-7,12H,1-4,8H2,(H2,18,23)(H,19,20,21). The molecule has 128 valence electrons. The van der Waals surface area contributed by atoms with Crippen LogP contribution in [0.4, 0.5) is 6.01 Å². The first kappa shape index (κ1) is 17.0. The minimum Gasteiger partial charge on any atom is -0.369 e. The smallest absolute Gasteiger partial charge is 0.322 e. The van der Waals surface area contributed by atoms with Crippen LogP contribution < -0.4 is 11.1 Å². The number of nitrogens with zero attached hydrogens (tertiary/aromatic N) is 3. The van der Waals surface area contributed by atoms with E-state index >= 15 is 0 Å². The van der Waals surface area contributed by atoms with Gasteiger partial charge in [-0.25, -0.2) is 0 Å². The monoisotopic (exact) mass is 369 g/mol. The Balaban J connectivity index is 1.60. The Hall–Kier alpha value is -1.83. The number of nitrogens with two attached hydrogens (primary N) is 1. The van der Waals surface area contributed by atoms with Gasteiger partial charge in [-0.1, -0.05) is 28.4 Å². The van der Waals surface area contributed by atoms with Crippen LogP contribution >= 0.6 is 23.2 Å². The average molecular weight is 370 g/mol. The molecule has 0 bridgehead atoms. The fourth-order valence-electron chi connectivity index (χ4n) is 2.71. The normalized spacial score (nSPS) is 16.2. The van der Waals surface area contributed by atoms with Crippen molar-refractivity contribution in [3.8, 4) is 11.4 Å². The Bertz CT molecular complexity index is 708. The lowest BCUT2D eigenvalue weighted by Gasteiger charge is -2.30. The number of benzene rings is 1. The first-order chi connectivity index (χ1) is 11.5. The molecule has 1 saturated heterocycles. The molecule has 9 heteroatoms. The highest BCUT2D eigenvalue weighted by atomic mass is 35.5. The maximum Gasteiger partial charge on any atom is 0.322 e. The fraction of sp³-hybridized carbons (Fsp3) is 0.400. The second-order valence-corrected chi connectivity index (χ2v) is 6.62. The van der Waals surface area contributed by atoms with Crippen molar-refractivity contribution in [2.24, 2.45) is 5.73 Å². The molecule has 0 spiro atoms. The molecule has 3 N–H and O–H groups in total. The third-order valence-corrected chi connectivity index (χ3v) is 4.28. The summed E-state index contributed by atoms with van der Waals surface area (Å²) in [4.78, 5) is 17.3. The van der Waals surface area contributed by atoms with Crippen LogP contribution in [-0.4, -0.2) is 46.6 Å². The molecule has 1 aliphatic heterocycles. The number of likely N-dealkylation sites (tertiary alicyclic amines) is 1. The summed E-state index contributed by atoms with van der Waals surface area (Å²) in [5.74, 6) is 0.121. The summed E-state index contributed by atoms with van der Waals surface area (Å²) in [7, 11) is 0. The van der Waals surface area contributed by atoms with Gasteiger partial charge in [-0.3, -0.25) is 9.69 Å². The highest BCUT2D eigenvalue weighted by Crippen LogP contribution is 2.26. The number of hydrogen-bond donors (Lipinski definition) is 2. The second-order valence-electron chi connectivity index (χ2n) is 5.74. The van der Waals surface area contributed by atoms with Crippen LogP contribution in [0.2, 0.25) is 10.0 Å². The molecule has 0 unspecified atom stereocenters. The number of amides is 1. The molecule has 2 heterocycles. The Labute approximate surface area is 149 Å². The number of carbonyl (C=O) groups is 1. The summed E-state index contributed by atoms with van der Waals surface area (Å²) in [6, 6.07) is 5.67. The first-order valence-corrected chi connectivity index (χ1v) is 8.32. The molecule has 1 amide bonds. The zero-order chi connectivity index (χ0) is 17.1. The van der Waals surface area contributed by atoms with Gasteiger partial charge in [-0.2, -0.15) is 4.98 Å². The van der Waals surface area contributed by atoms with E-state index in [1.807, 2.05) is 4.90 Å². The first-order valence-electron chi connectivity index (χ1n) is 7.57. The predicted molar refractivity (Wildman–Crippen MR) is 92.0 cm³/mol. The highest BCUT2D eigenvalue weighted by Gasteiger charge is 2.21. The number of piperidine rings is 1. The lowest BCUT2D eigenvalue weighted by molar-refractivity contribution is -0.119. The van der Waals surface area contributed by atoms with Crippen molar-refractivity contribution in [1.29, 1.82) is 0 Å². The molecular formula is C15H17Cl2N5O2. The maximum atomic E-state index is 10.9. The summed E-state index contributed by atoms with van der Waals surface area (Å²) in [6.07, 6.45) is 1.74. The van der Waals surface area contributed by atoms with Crippen molar-refractivity contribution in [3.05, 3.63) is 28.2 Å². The topological polar surface area (TPSA) is 97.3 Å². The van der Waals surface area contributed by atoms with E-state index in [4.69, 9.17) is 33.5 Å². The Morgan fingerprint density at radius 2 is 1.96 bits per heavy atom. The van der Waals surface area contributed by atoms with Gasteiger partial charge in [0.2, 0.25) is 11.7 Å². The summed E-state index contributed by atoms with van der Waals surface area (Å²) < 4.78 is 5.25. The van der Waals surface area contributed by atoms with Crippen molar-refractivity contribution in [2.45, 2.75) is 18.9 Å². The van der Waals surface area contributed by atoms with Crippen molar-refractivity contribution >= 4 is 35.1 Å². The molecule has 1 aromatic carbocycles. The van der Waals surface area contributed by atoms with Crippen LogP contribution in [0.25, 0.3) is 11.4 Å². The summed E-state index contributed by atoms with van der Waals surface area (Å²) in [5.41, 5.74) is 5.91. The van der Waals surface area contributed by atoms with Gasteiger partial charge in [0.05, 0.1) is 6.54 Å². The molecule has 3 rings (SSSR count). The van der Waals surface area contributed by atoms with Gasteiger partial charge in [-0.15, -0.1) is 0 Å². The van der Waals surface area contributed by atoms with Crippen LogP contribution in [0, 0.1) is 0 Å². The number of hydrogen-bond acceptors (Lipinski definition) is 6. The molecule has 24 heavy (non-hydrogen) atoms. The third kappa shape index (κ3) is 4.37. The number of anilines is 1. The zero-order valence-electron chi connectivity index (χ0n) is 12.8. The summed E-state index contributed by atoms with van der Waals surface area (Å²) in [5, 5.41) is 8.20. The lowest BCUT2D eigenvalue weighted by Crippen LogP contribution is -2.42. The Morgan fingerprint density at radius 3 is 2.58 bits per heavy atom. The molecule has 1 aromatic heterocycles. The van der Waals surface area contributed by atoms with Gasteiger partial charge in [0.15, 0.2) is 0 Å². The molecule has 0 saturated carbocycles. The minimum atomic E-state index is -0.303. The van der Waals surface area contributed by atoms with E-state index in [1.165, 1.54) is 0 Å². The van der Waals surface area contributed by atoms with E-state index in [2.05, 4.69) is 15.5 Å². The predicted octanol–water partition coefficient (Wildman–Crippen LogP) is 2.41. The molecule has 7 nitrogen and oxygen atoms in total. The van der Waals surface area contributed by atoms with Crippen LogP contribution in [0.5, 0.6) is 0 Å². The Morgan fingerprint density at radius 1 is 1.29 bits per heavy atom. The van der Waals surface area contributed by atoms with Gasteiger partial charge in [0.25, 0.3) is 0 Å². The van der Waals surface area contributed by atoms with Gasteiger partial charge in [0.1, 0.15) is 0 Å². The van der Waals surface area contributed by atoms with Crippen molar-refractivity contribution < 1.29 is 9.32 Å². The van der Waals surface area contributed by atoms with E-state index in [9.17, 15) is 4.79 Å². The minimum absolute atomic E-state index is 0.213. The number of aromatic nitrogens is 2. The SMILES string of the molecule is NC(=O)CN1CCC(Nc2nc(-c3cc(Cl)cc(Cl)c3)no2)CC1. The number of nitrogens with one attached hydrogen (secondary N) is 1. The second kappa shape index (κ2) is 7.38. The molecule has 0 atom stereocenters. The molecule has 1 fully saturated rings. The average Bonchev–Trinajstić information content (AvgIpc) is 2.96. The third-order valence-electron chi connectivity index (χ3n) is 3.84. The van der Waals surface area contributed by atoms with Crippen LogP contribution in [0.1, 0.15) is 12.8 Å². The lowest BCUT2D eigenvalue weighted by atomic mass is 10.1. The number of rotatable bonds is 5. The summed E-state index contributed by atoms with van der Waals surface area (Å²) in [6.45, 7) is 1.89. The molecule has 0 radical (unpaired) electrons. The highest BCUT2D eigenvalue weighted by molar-refractivity contribution is 6.35. The molecule has 1 aliphatic rings. The van der Waals surface area contributed by atoms with Gasteiger partial charge in [-0.05, 0) is 31.0 Å². The number of carbonyl (C=O) groups excluding carboxylic acids is 1. The fourth-order valence-corrected chi connectivity index (χ4v) is 3.24. The maximum absolute atomic E-state index is 10.9. The number of primary amides is 1. The summed E-state index contributed by atoms with van der Waals surface area (Å²) >= 11 is 12.0. The van der Waals surface area contributed by atoms with E-state index in [1.54, 1.807) is 18.2 Å². The van der Waals surface area contributed by atoms with E-state index in [0.717, 1.165) is 25.9 Å². The van der Waals surface area contributed by atoms with E-state index in [-0.39, 0.29) is 11.9 Å². The van der Waals surface area contributed by atoms with Crippen LogP contribution in [-0.2, 0) is 4.79 Å². The number of halogens is 2. The van der Waals surface area contributed by atoms with Crippen LogP contribution in [0.3, 0.4) is 0 Å². The van der Waals surface area contributed by atoms with Crippen molar-refractivity contribution in [1.82, 2.24) is 15.0 Å². The van der Waals surface area contributed by atoms with E-state index < -0.39 is 0 Å². The van der Waals surface area contributed by atoms with Crippen molar-refractivity contribution in [2.75, 3.05) is 25.0 Å². The van der Waals surface area contributed by atoms with E-state index in [0.29, 0.717) is 34.0 Å². The molecule has 2 aromatic rings. The molecule has 0 aliphatic carbocycles. The van der Waals surface area contributed by atoms with Crippen LogP contribution in [0.15, 0.2) is 22.7 Å². The van der Waals surface area contributed by atoms with Gasteiger partial charge >= 0.3 is 6.01 Å². The van der Waals surface area contributed by atoms with Crippen molar-refractivity contribution in [3.63, 3.8) is 0 Å².